The number of thiocarbonyl (C=S) groups is 2. The smallest absolute Gasteiger partial charge is 0.170 e. The highest BCUT2D eigenvalue weighted by Crippen LogP contribution is 2.33. The topological polar surface area (TPSA) is 48.1 Å². The largest absolute Gasteiger partial charge is 0.362 e. The van der Waals surface area contributed by atoms with Crippen molar-refractivity contribution in [2.45, 2.75) is 52.4 Å². The molecular formula is C25H36N4S2. The molecule has 0 aliphatic rings. The first-order valence-electron chi connectivity index (χ1n) is 11.3. The Morgan fingerprint density at radius 3 is 1.77 bits per heavy atom. The van der Waals surface area contributed by atoms with E-state index >= 15 is 0 Å². The third-order valence-electron chi connectivity index (χ3n) is 5.67. The van der Waals surface area contributed by atoms with Crippen LogP contribution >= 0.6 is 24.4 Å². The summed E-state index contributed by atoms with van der Waals surface area (Å²) in [6.45, 7) is 6.29. The van der Waals surface area contributed by atoms with E-state index in [1.165, 1.54) is 19.3 Å². The number of para-hydroxylation sites is 2. The Morgan fingerprint density at radius 2 is 1.26 bits per heavy atom. The molecule has 31 heavy (non-hydrogen) atoms. The fraction of sp³-hybridized carbons (Fsp3) is 0.440. The Labute approximate surface area is 198 Å². The van der Waals surface area contributed by atoms with Crippen LogP contribution in [0.5, 0.6) is 0 Å². The average Bonchev–Trinajstić information content (AvgIpc) is 2.79. The lowest BCUT2D eigenvalue weighted by Crippen LogP contribution is -2.40. The number of hydrogen-bond acceptors (Lipinski definition) is 2. The maximum absolute atomic E-state index is 5.54. The Kier molecular flexibility index (Phi) is 11.3. The molecule has 0 spiro atoms. The molecule has 0 bridgehead atoms. The zero-order valence-electron chi connectivity index (χ0n) is 18.7. The van der Waals surface area contributed by atoms with Gasteiger partial charge in [-0.05, 0) is 79.8 Å². The first-order chi connectivity index (χ1) is 15.1. The van der Waals surface area contributed by atoms with Crippen LogP contribution in [0, 0.1) is 5.41 Å². The van der Waals surface area contributed by atoms with Crippen LogP contribution in [0.1, 0.15) is 52.4 Å². The van der Waals surface area contributed by atoms with Crippen LogP contribution < -0.4 is 21.3 Å². The van der Waals surface area contributed by atoms with Gasteiger partial charge >= 0.3 is 0 Å². The van der Waals surface area contributed by atoms with Crippen LogP contribution in [0.3, 0.4) is 0 Å². The molecule has 0 saturated heterocycles. The SMILES string of the molecule is CCCC[C@](CC)(CCCNC(=S)Nc1ccccc1)CNC(=S)Nc1ccccc1. The summed E-state index contributed by atoms with van der Waals surface area (Å²) < 4.78 is 0. The number of benzene rings is 2. The van der Waals surface area contributed by atoms with Gasteiger partial charge in [0.15, 0.2) is 10.2 Å². The summed E-state index contributed by atoms with van der Waals surface area (Å²) in [6, 6.07) is 20.1. The summed E-state index contributed by atoms with van der Waals surface area (Å²) in [5, 5.41) is 14.7. The van der Waals surface area contributed by atoms with Gasteiger partial charge in [0.1, 0.15) is 0 Å². The maximum atomic E-state index is 5.54. The van der Waals surface area contributed by atoms with E-state index in [2.05, 4.69) is 35.1 Å². The fourth-order valence-electron chi connectivity index (χ4n) is 3.66. The van der Waals surface area contributed by atoms with Crippen LogP contribution in [0.15, 0.2) is 60.7 Å². The molecule has 0 amide bonds. The summed E-state index contributed by atoms with van der Waals surface area (Å²) >= 11 is 11.0. The molecular weight excluding hydrogens is 420 g/mol. The molecule has 1 atom stereocenters. The molecule has 2 aromatic carbocycles. The van der Waals surface area contributed by atoms with Gasteiger partial charge in [-0.25, -0.2) is 0 Å². The molecule has 4 nitrogen and oxygen atoms in total. The van der Waals surface area contributed by atoms with Crippen LogP contribution in [0.2, 0.25) is 0 Å². The van der Waals surface area contributed by atoms with Gasteiger partial charge in [-0.1, -0.05) is 63.1 Å². The first-order valence-corrected chi connectivity index (χ1v) is 12.1. The van der Waals surface area contributed by atoms with Crippen LogP contribution in [0.4, 0.5) is 11.4 Å². The lowest BCUT2D eigenvalue weighted by molar-refractivity contribution is 0.218. The number of anilines is 2. The van der Waals surface area contributed by atoms with Crippen molar-refractivity contribution in [1.82, 2.24) is 10.6 Å². The predicted octanol–water partition coefficient (Wildman–Crippen LogP) is 6.33. The Bertz CT molecular complexity index is 783. The lowest BCUT2D eigenvalue weighted by atomic mass is 9.76. The highest BCUT2D eigenvalue weighted by Gasteiger charge is 2.27. The third-order valence-corrected chi connectivity index (χ3v) is 6.16. The molecule has 0 fully saturated rings. The molecule has 6 heteroatoms. The zero-order chi connectivity index (χ0) is 22.4. The molecule has 0 heterocycles. The van der Waals surface area contributed by atoms with Crippen LogP contribution in [0.25, 0.3) is 0 Å². The molecule has 0 unspecified atom stereocenters. The highest BCUT2D eigenvalue weighted by molar-refractivity contribution is 7.80. The van der Waals surface area contributed by atoms with Gasteiger partial charge in [0, 0.05) is 24.5 Å². The van der Waals surface area contributed by atoms with Gasteiger partial charge in [-0.15, -0.1) is 0 Å². The highest BCUT2D eigenvalue weighted by atomic mass is 32.1. The van der Waals surface area contributed by atoms with Crippen LogP contribution in [-0.4, -0.2) is 23.3 Å². The summed E-state index contributed by atoms with van der Waals surface area (Å²) in [7, 11) is 0. The summed E-state index contributed by atoms with van der Waals surface area (Å²) in [4.78, 5) is 0. The summed E-state index contributed by atoms with van der Waals surface area (Å²) in [5.74, 6) is 0. The van der Waals surface area contributed by atoms with E-state index in [4.69, 9.17) is 24.4 Å². The molecule has 2 rings (SSSR count). The molecule has 4 N–H and O–H groups in total. The molecule has 0 aliphatic heterocycles. The minimum Gasteiger partial charge on any atom is -0.362 e. The van der Waals surface area contributed by atoms with Crippen molar-refractivity contribution in [3.05, 3.63) is 60.7 Å². The third kappa shape index (κ3) is 9.66. The van der Waals surface area contributed by atoms with E-state index in [0.29, 0.717) is 10.2 Å². The van der Waals surface area contributed by atoms with Crippen molar-refractivity contribution in [3.8, 4) is 0 Å². The minimum atomic E-state index is 0.231. The van der Waals surface area contributed by atoms with E-state index in [0.717, 1.165) is 43.7 Å². The van der Waals surface area contributed by atoms with Crippen molar-refractivity contribution < 1.29 is 0 Å². The van der Waals surface area contributed by atoms with Crippen molar-refractivity contribution in [2.75, 3.05) is 23.7 Å². The van der Waals surface area contributed by atoms with Crippen molar-refractivity contribution in [2.24, 2.45) is 5.41 Å². The van der Waals surface area contributed by atoms with Gasteiger partial charge < -0.3 is 21.3 Å². The van der Waals surface area contributed by atoms with Crippen molar-refractivity contribution in [1.29, 1.82) is 0 Å². The number of hydrogen-bond donors (Lipinski definition) is 4. The van der Waals surface area contributed by atoms with Crippen molar-refractivity contribution >= 4 is 46.0 Å². The lowest BCUT2D eigenvalue weighted by Gasteiger charge is -2.34. The number of unbranched alkanes of at least 4 members (excludes halogenated alkanes) is 1. The molecule has 0 aliphatic carbocycles. The molecule has 0 saturated carbocycles. The summed E-state index contributed by atoms with van der Waals surface area (Å²) in [5.41, 5.74) is 2.25. The fourth-order valence-corrected chi connectivity index (χ4v) is 4.07. The van der Waals surface area contributed by atoms with E-state index in [1.807, 2.05) is 60.7 Å². The second-order valence-corrected chi connectivity index (χ2v) is 8.80. The number of nitrogens with one attached hydrogen (secondary N) is 4. The molecule has 0 aromatic heterocycles. The van der Waals surface area contributed by atoms with Crippen LogP contribution in [-0.2, 0) is 0 Å². The first kappa shape index (κ1) is 25.1. The van der Waals surface area contributed by atoms with Crippen molar-refractivity contribution in [3.63, 3.8) is 0 Å². The van der Waals surface area contributed by atoms with Gasteiger partial charge in [-0.2, -0.15) is 0 Å². The standard InChI is InChI=1S/C25H36N4S2/c1-3-5-17-25(4-2,20-27-24(31)29-22-15-10-7-11-16-22)18-12-19-26-23(30)28-21-13-8-6-9-14-21/h6-11,13-16H,3-5,12,17-20H2,1-2H3,(H2,26,28,30)(H2,27,29,31)/t25-/m1/s1. The Balaban J connectivity index is 1.80. The molecule has 0 radical (unpaired) electrons. The second-order valence-electron chi connectivity index (χ2n) is 7.98. The second kappa shape index (κ2) is 14.0. The van der Waals surface area contributed by atoms with E-state index in [-0.39, 0.29) is 5.41 Å². The zero-order valence-corrected chi connectivity index (χ0v) is 20.4. The quantitative estimate of drug-likeness (QED) is 0.221. The molecule has 168 valence electrons. The average molecular weight is 457 g/mol. The Morgan fingerprint density at radius 1 is 0.742 bits per heavy atom. The maximum Gasteiger partial charge on any atom is 0.170 e. The van der Waals surface area contributed by atoms with Gasteiger partial charge in [0.05, 0.1) is 0 Å². The van der Waals surface area contributed by atoms with Gasteiger partial charge in [0.2, 0.25) is 0 Å². The summed E-state index contributed by atoms with van der Waals surface area (Å²) in [6.07, 6.45) is 6.96. The van der Waals surface area contributed by atoms with Gasteiger partial charge in [0.25, 0.3) is 0 Å². The monoisotopic (exact) mass is 456 g/mol. The molecule has 2 aromatic rings. The Hall–Kier alpha value is -2.18. The van der Waals surface area contributed by atoms with E-state index in [1.54, 1.807) is 0 Å². The number of rotatable bonds is 12. The predicted molar refractivity (Wildman–Crippen MR) is 143 cm³/mol. The van der Waals surface area contributed by atoms with E-state index in [9.17, 15) is 0 Å². The minimum absolute atomic E-state index is 0.231. The van der Waals surface area contributed by atoms with Gasteiger partial charge in [-0.3, -0.25) is 0 Å². The van der Waals surface area contributed by atoms with E-state index < -0.39 is 0 Å². The normalized spacial score (nSPS) is 12.5.